The van der Waals surface area contributed by atoms with Gasteiger partial charge >= 0.3 is 0 Å². The van der Waals surface area contributed by atoms with Crippen molar-refractivity contribution in [2.24, 2.45) is 0 Å². The van der Waals surface area contributed by atoms with Crippen molar-refractivity contribution >= 4 is 28.8 Å². The molecule has 0 N–H and O–H groups in total. The maximum absolute atomic E-state index is 12.5. The summed E-state index contributed by atoms with van der Waals surface area (Å²) in [6.45, 7) is 1.44. The third kappa shape index (κ3) is 3.58. The molecule has 2 fully saturated rings. The minimum Gasteiger partial charge on any atom is -0.431 e. The van der Waals surface area contributed by atoms with Gasteiger partial charge in [-0.05, 0) is 37.8 Å². The Morgan fingerprint density at radius 2 is 1.74 bits per heavy atom. The predicted octanol–water partition coefficient (Wildman–Crippen LogP) is 3.59. The summed E-state index contributed by atoms with van der Waals surface area (Å²) in [5, 5.41) is 8.93. The van der Waals surface area contributed by atoms with E-state index in [1.165, 1.54) is 11.8 Å². The van der Waals surface area contributed by atoms with E-state index in [-0.39, 0.29) is 11.8 Å². The first-order valence-electron chi connectivity index (χ1n) is 9.36. The van der Waals surface area contributed by atoms with Crippen LogP contribution in [0, 0.1) is 0 Å². The van der Waals surface area contributed by atoms with Gasteiger partial charge in [-0.3, -0.25) is 4.79 Å². The molecule has 140 valence electrons. The van der Waals surface area contributed by atoms with Crippen molar-refractivity contribution in [2.45, 2.75) is 42.7 Å². The molecular weight excluding hydrogens is 364 g/mol. The molecule has 8 heteroatoms. The third-order valence-electron chi connectivity index (χ3n) is 5.17. The van der Waals surface area contributed by atoms with Crippen LogP contribution in [0.3, 0.4) is 0 Å². The van der Waals surface area contributed by atoms with Crippen LogP contribution in [0.25, 0.3) is 11.1 Å². The number of carbonyl (C=O) groups excluding carboxylic acids is 1. The van der Waals surface area contributed by atoms with Gasteiger partial charge in [0.2, 0.25) is 17.7 Å². The molecule has 1 aromatic carbocycles. The Morgan fingerprint density at radius 3 is 2.44 bits per heavy atom. The van der Waals surface area contributed by atoms with Gasteiger partial charge in [0, 0.05) is 24.9 Å². The molecule has 1 aliphatic heterocycles. The van der Waals surface area contributed by atoms with E-state index in [0.717, 1.165) is 61.7 Å². The largest absolute Gasteiger partial charge is 0.431 e. The van der Waals surface area contributed by atoms with Gasteiger partial charge in [0.05, 0.1) is 5.75 Å². The van der Waals surface area contributed by atoms with Crippen LogP contribution in [-0.4, -0.2) is 44.8 Å². The summed E-state index contributed by atoms with van der Waals surface area (Å²) < 4.78 is 11.5. The summed E-state index contributed by atoms with van der Waals surface area (Å²) in [5.74, 6) is 2.73. The van der Waals surface area contributed by atoms with E-state index >= 15 is 0 Å². The summed E-state index contributed by atoms with van der Waals surface area (Å²) >= 11 is 1.35. The van der Waals surface area contributed by atoms with Crippen LogP contribution in [0.5, 0.6) is 0 Å². The SMILES string of the molecule is O=C(CSc1nc2ccccc2o1)N1CCC(c2nnc(C3CC3)o2)CC1. The van der Waals surface area contributed by atoms with Crippen molar-refractivity contribution in [1.82, 2.24) is 20.1 Å². The summed E-state index contributed by atoms with van der Waals surface area (Å²) in [5.41, 5.74) is 1.57. The molecule has 0 atom stereocenters. The summed E-state index contributed by atoms with van der Waals surface area (Å²) in [6.07, 6.45) is 4.05. The average molecular weight is 384 g/mol. The van der Waals surface area contributed by atoms with Crippen molar-refractivity contribution in [3.63, 3.8) is 0 Å². The van der Waals surface area contributed by atoms with Gasteiger partial charge in [0.15, 0.2) is 5.58 Å². The highest BCUT2D eigenvalue weighted by Crippen LogP contribution is 2.40. The Labute approximate surface area is 160 Å². The van der Waals surface area contributed by atoms with Gasteiger partial charge in [-0.1, -0.05) is 23.9 Å². The molecule has 1 aliphatic carbocycles. The lowest BCUT2D eigenvalue weighted by molar-refractivity contribution is -0.129. The highest BCUT2D eigenvalue weighted by molar-refractivity contribution is 7.99. The lowest BCUT2D eigenvalue weighted by atomic mass is 9.97. The number of hydrogen-bond acceptors (Lipinski definition) is 7. The van der Waals surface area contributed by atoms with Gasteiger partial charge < -0.3 is 13.7 Å². The second-order valence-corrected chi connectivity index (χ2v) is 8.07. The molecule has 0 unspecified atom stereocenters. The first-order chi connectivity index (χ1) is 13.3. The van der Waals surface area contributed by atoms with Crippen molar-refractivity contribution in [3.8, 4) is 0 Å². The molecule has 27 heavy (non-hydrogen) atoms. The highest BCUT2D eigenvalue weighted by atomic mass is 32.2. The zero-order valence-electron chi connectivity index (χ0n) is 14.8. The minimum absolute atomic E-state index is 0.116. The number of carbonyl (C=O) groups is 1. The number of nitrogens with zero attached hydrogens (tertiary/aromatic N) is 4. The number of benzene rings is 1. The van der Waals surface area contributed by atoms with Crippen LogP contribution >= 0.6 is 11.8 Å². The van der Waals surface area contributed by atoms with Crippen LogP contribution in [0.1, 0.15) is 49.3 Å². The number of rotatable bonds is 5. The smallest absolute Gasteiger partial charge is 0.257 e. The summed E-state index contributed by atoms with van der Waals surface area (Å²) in [7, 11) is 0. The van der Waals surface area contributed by atoms with Crippen molar-refractivity contribution < 1.29 is 13.6 Å². The number of piperidine rings is 1. The number of aromatic nitrogens is 3. The fourth-order valence-electron chi connectivity index (χ4n) is 3.41. The number of thioether (sulfide) groups is 1. The molecule has 2 aromatic heterocycles. The number of likely N-dealkylation sites (tertiary alicyclic amines) is 1. The quantitative estimate of drug-likeness (QED) is 0.621. The Kier molecular flexibility index (Phi) is 4.35. The second kappa shape index (κ2) is 6.99. The van der Waals surface area contributed by atoms with Crippen LogP contribution in [0.4, 0.5) is 0 Å². The number of fused-ring (bicyclic) bond motifs is 1. The lowest BCUT2D eigenvalue weighted by Gasteiger charge is -2.30. The van der Waals surface area contributed by atoms with E-state index in [1.807, 2.05) is 29.2 Å². The van der Waals surface area contributed by atoms with Crippen LogP contribution in [0.15, 0.2) is 38.3 Å². The van der Waals surface area contributed by atoms with Gasteiger partial charge in [0.25, 0.3) is 5.22 Å². The molecule has 1 amide bonds. The highest BCUT2D eigenvalue weighted by Gasteiger charge is 2.32. The molecule has 1 saturated heterocycles. The van der Waals surface area contributed by atoms with Gasteiger partial charge in [0.1, 0.15) is 5.52 Å². The maximum Gasteiger partial charge on any atom is 0.257 e. The van der Waals surface area contributed by atoms with E-state index in [1.54, 1.807) is 0 Å². The first-order valence-corrected chi connectivity index (χ1v) is 10.3. The first kappa shape index (κ1) is 16.8. The molecule has 3 aromatic rings. The van der Waals surface area contributed by atoms with Gasteiger partial charge in [-0.15, -0.1) is 10.2 Å². The normalized spacial score (nSPS) is 18.3. The van der Waals surface area contributed by atoms with Crippen molar-refractivity contribution in [1.29, 1.82) is 0 Å². The number of amides is 1. The molecule has 2 aliphatic rings. The number of hydrogen-bond donors (Lipinski definition) is 0. The van der Waals surface area contributed by atoms with E-state index in [0.29, 0.717) is 16.9 Å². The fraction of sp³-hybridized carbons (Fsp3) is 0.474. The number of para-hydroxylation sites is 2. The number of oxazole rings is 1. The van der Waals surface area contributed by atoms with Crippen molar-refractivity contribution in [2.75, 3.05) is 18.8 Å². The van der Waals surface area contributed by atoms with Crippen LogP contribution < -0.4 is 0 Å². The van der Waals surface area contributed by atoms with Crippen molar-refractivity contribution in [3.05, 3.63) is 36.0 Å². The third-order valence-corrected chi connectivity index (χ3v) is 5.99. The molecule has 7 nitrogen and oxygen atoms in total. The Balaban J connectivity index is 1.13. The monoisotopic (exact) mass is 384 g/mol. The second-order valence-electron chi connectivity index (χ2n) is 7.14. The Bertz CT molecular complexity index is 924. The molecule has 1 saturated carbocycles. The molecule has 0 spiro atoms. The van der Waals surface area contributed by atoms with Gasteiger partial charge in [-0.25, -0.2) is 4.98 Å². The predicted molar refractivity (Wildman–Crippen MR) is 99.6 cm³/mol. The van der Waals surface area contributed by atoms with Crippen LogP contribution in [-0.2, 0) is 4.79 Å². The average Bonchev–Trinajstić information content (AvgIpc) is 3.28. The molecular formula is C19H20N4O3S. The zero-order valence-corrected chi connectivity index (χ0v) is 15.7. The van der Waals surface area contributed by atoms with E-state index in [9.17, 15) is 4.79 Å². The van der Waals surface area contributed by atoms with E-state index in [2.05, 4.69) is 15.2 Å². The maximum atomic E-state index is 12.5. The molecule has 3 heterocycles. The molecule has 0 radical (unpaired) electrons. The summed E-state index contributed by atoms with van der Waals surface area (Å²) in [4.78, 5) is 18.8. The topological polar surface area (TPSA) is 85.3 Å². The molecule has 0 bridgehead atoms. The Morgan fingerprint density at radius 1 is 1.04 bits per heavy atom. The molecule has 5 rings (SSSR count). The standard InChI is InChI=1S/C19H20N4O3S/c24-16(11-27-19-20-14-3-1-2-4-15(14)25-19)23-9-7-13(8-10-23)18-22-21-17(26-18)12-5-6-12/h1-4,12-13H,5-11H2. The van der Waals surface area contributed by atoms with E-state index in [4.69, 9.17) is 8.83 Å². The zero-order chi connectivity index (χ0) is 18.2. The summed E-state index contributed by atoms with van der Waals surface area (Å²) in [6, 6.07) is 7.62. The Hall–Kier alpha value is -2.35. The van der Waals surface area contributed by atoms with Gasteiger partial charge in [-0.2, -0.15) is 0 Å². The lowest BCUT2D eigenvalue weighted by Crippen LogP contribution is -2.39. The fourth-order valence-corrected chi connectivity index (χ4v) is 4.15. The van der Waals surface area contributed by atoms with Crippen LogP contribution in [0.2, 0.25) is 0 Å². The van der Waals surface area contributed by atoms with E-state index < -0.39 is 0 Å². The minimum atomic E-state index is 0.116.